The largest absolute Gasteiger partial charge is 0.481 e. The van der Waals surface area contributed by atoms with E-state index >= 15 is 0 Å². The average molecular weight is 288 g/mol. The highest BCUT2D eigenvalue weighted by Gasteiger charge is 2.28. The third-order valence-corrected chi connectivity index (χ3v) is 4.29. The maximum absolute atomic E-state index is 11.6. The van der Waals surface area contributed by atoms with Gasteiger partial charge in [0.25, 0.3) is 0 Å². The number of carboxylic acids is 1. The molecule has 0 aromatic heterocycles. The second kappa shape index (κ2) is 8.04. The predicted octanol–water partition coefficient (Wildman–Crippen LogP) is 1.35. The fourth-order valence-corrected chi connectivity index (χ4v) is 3.32. The van der Waals surface area contributed by atoms with E-state index in [2.05, 4.69) is 17.6 Å². The molecule has 0 radical (unpaired) electrons. The Hall–Kier alpha value is -1.24. The van der Waals surface area contributed by atoms with E-state index in [1.165, 1.54) is 0 Å². The van der Waals surface area contributed by atoms with Gasteiger partial charge in [-0.3, -0.25) is 14.9 Å². The summed E-state index contributed by atoms with van der Waals surface area (Å²) in [6.45, 7) is 2.08. The standard InChI is InChI=1S/C12H20N2O4S/c1-2-19-9-5-3-4-8(9)13-12(18)14-10(15)6-7-11(16)17/h8-9H,2-7H2,1H3,(H,16,17)(H2,13,14,15,18). The van der Waals surface area contributed by atoms with E-state index in [-0.39, 0.29) is 18.9 Å². The number of hydrogen-bond acceptors (Lipinski definition) is 4. The Morgan fingerprint density at radius 2 is 2.00 bits per heavy atom. The number of rotatable bonds is 6. The molecule has 0 saturated heterocycles. The summed E-state index contributed by atoms with van der Waals surface area (Å²) in [5.41, 5.74) is 0. The number of imide groups is 1. The summed E-state index contributed by atoms with van der Waals surface area (Å²) in [7, 11) is 0. The average Bonchev–Trinajstić information content (AvgIpc) is 2.74. The molecule has 2 unspecified atom stereocenters. The Morgan fingerprint density at radius 3 is 2.63 bits per heavy atom. The molecule has 0 aliphatic heterocycles. The number of hydrogen-bond donors (Lipinski definition) is 3. The minimum absolute atomic E-state index is 0.0947. The number of thioether (sulfide) groups is 1. The Labute approximate surface area is 116 Å². The molecule has 7 heteroatoms. The second-order valence-electron chi connectivity index (χ2n) is 4.45. The zero-order valence-electron chi connectivity index (χ0n) is 11.0. The molecule has 6 nitrogen and oxygen atoms in total. The highest BCUT2D eigenvalue weighted by atomic mass is 32.2. The summed E-state index contributed by atoms with van der Waals surface area (Å²) < 4.78 is 0. The lowest BCUT2D eigenvalue weighted by Crippen LogP contribution is -2.46. The van der Waals surface area contributed by atoms with Crippen LogP contribution in [0.5, 0.6) is 0 Å². The van der Waals surface area contributed by atoms with Crippen molar-refractivity contribution in [2.45, 2.75) is 50.3 Å². The Morgan fingerprint density at radius 1 is 1.26 bits per heavy atom. The predicted molar refractivity (Wildman–Crippen MR) is 73.1 cm³/mol. The molecule has 0 aromatic rings. The number of carbonyl (C=O) groups excluding carboxylic acids is 2. The van der Waals surface area contributed by atoms with Gasteiger partial charge < -0.3 is 10.4 Å². The van der Waals surface area contributed by atoms with Gasteiger partial charge in [-0.2, -0.15) is 11.8 Å². The van der Waals surface area contributed by atoms with Crippen molar-refractivity contribution in [1.82, 2.24) is 10.6 Å². The maximum Gasteiger partial charge on any atom is 0.321 e. The van der Waals surface area contributed by atoms with Crippen LogP contribution in [0.25, 0.3) is 0 Å². The van der Waals surface area contributed by atoms with Crippen molar-refractivity contribution in [3.63, 3.8) is 0 Å². The van der Waals surface area contributed by atoms with Crippen LogP contribution in [0.4, 0.5) is 4.79 Å². The van der Waals surface area contributed by atoms with Crippen LogP contribution >= 0.6 is 11.8 Å². The SMILES string of the molecule is CCSC1CCCC1NC(=O)NC(=O)CCC(=O)O. The molecule has 1 rings (SSSR count). The summed E-state index contributed by atoms with van der Waals surface area (Å²) in [6.07, 6.45) is 2.64. The van der Waals surface area contributed by atoms with E-state index in [1.807, 2.05) is 11.8 Å². The summed E-state index contributed by atoms with van der Waals surface area (Å²) in [5, 5.41) is 13.8. The number of carbonyl (C=O) groups is 3. The Kier molecular flexibility index (Phi) is 6.69. The number of nitrogens with one attached hydrogen (secondary N) is 2. The van der Waals surface area contributed by atoms with Crippen molar-refractivity contribution in [2.75, 3.05) is 5.75 Å². The molecular formula is C12H20N2O4S. The lowest BCUT2D eigenvalue weighted by Gasteiger charge is -2.20. The van der Waals surface area contributed by atoms with Gasteiger partial charge in [-0.15, -0.1) is 0 Å². The first kappa shape index (κ1) is 15.8. The zero-order valence-corrected chi connectivity index (χ0v) is 11.8. The van der Waals surface area contributed by atoms with Crippen LogP contribution in [0, 0.1) is 0 Å². The van der Waals surface area contributed by atoms with Crippen LogP contribution in [0.15, 0.2) is 0 Å². The Balaban J connectivity index is 2.30. The third-order valence-electron chi connectivity index (χ3n) is 2.97. The van der Waals surface area contributed by atoms with Gasteiger partial charge in [-0.25, -0.2) is 4.79 Å². The highest BCUT2D eigenvalue weighted by Crippen LogP contribution is 2.29. The summed E-state index contributed by atoms with van der Waals surface area (Å²) >= 11 is 1.82. The first-order valence-corrected chi connectivity index (χ1v) is 7.51. The van der Waals surface area contributed by atoms with Gasteiger partial charge in [0.15, 0.2) is 0 Å². The van der Waals surface area contributed by atoms with E-state index in [9.17, 15) is 14.4 Å². The number of amides is 3. The molecule has 1 saturated carbocycles. The van der Waals surface area contributed by atoms with Crippen LogP contribution in [0.2, 0.25) is 0 Å². The number of urea groups is 1. The van der Waals surface area contributed by atoms with Gasteiger partial charge in [0.1, 0.15) is 0 Å². The first-order chi connectivity index (χ1) is 9.02. The topological polar surface area (TPSA) is 95.5 Å². The van der Waals surface area contributed by atoms with Crippen molar-refractivity contribution >= 4 is 29.7 Å². The molecule has 3 N–H and O–H groups in total. The van der Waals surface area contributed by atoms with Crippen molar-refractivity contribution in [3.05, 3.63) is 0 Å². The molecule has 2 atom stereocenters. The van der Waals surface area contributed by atoms with Crippen LogP contribution in [0.3, 0.4) is 0 Å². The fourth-order valence-electron chi connectivity index (χ4n) is 2.12. The van der Waals surface area contributed by atoms with E-state index in [0.717, 1.165) is 25.0 Å². The van der Waals surface area contributed by atoms with Crippen molar-refractivity contribution < 1.29 is 19.5 Å². The lowest BCUT2D eigenvalue weighted by molar-refractivity contribution is -0.138. The third kappa shape index (κ3) is 5.96. The first-order valence-electron chi connectivity index (χ1n) is 6.46. The molecule has 0 heterocycles. The molecule has 108 valence electrons. The quantitative estimate of drug-likeness (QED) is 0.685. The van der Waals surface area contributed by atoms with Gasteiger partial charge in [-0.1, -0.05) is 13.3 Å². The normalized spacial score (nSPS) is 21.9. The molecule has 0 spiro atoms. The van der Waals surface area contributed by atoms with E-state index in [4.69, 9.17) is 5.11 Å². The fraction of sp³-hybridized carbons (Fsp3) is 0.750. The van der Waals surface area contributed by atoms with Crippen LogP contribution < -0.4 is 10.6 Å². The number of aliphatic carboxylic acids is 1. The van der Waals surface area contributed by atoms with Crippen LogP contribution in [0.1, 0.15) is 39.0 Å². The lowest BCUT2D eigenvalue weighted by atomic mass is 10.2. The molecule has 1 aliphatic rings. The smallest absolute Gasteiger partial charge is 0.321 e. The van der Waals surface area contributed by atoms with E-state index in [0.29, 0.717) is 5.25 Å². The monoisotopic (exact) mass is 288 g/mol. The van der Waals surface area contributed by atoms with Crippen molar-refractivity contribution in [3.8, 4) is 0 Å². The molecule has 0 aromatic carbocycles. The van der Waals surface area contributed by atoms with Gasteiger partial charge >= 0.3 is 12.0 Å². The van der Waals surface area contributed by atoms with Gasteiger partial charge in [0.2, 0.25) is 5.91 Å². The van der Waals surface area contributed by atoms with E-state index < -0.39 is 17.9 Å². The van der Waals surface area contributed by atoms with Crippen LogP contribution in [-0.2, 0) is 9.59 Å². The second-order valence-corrected chi connectivity index (χ2v) is 5.96. The minimum Gasteiger partial charge on any atom is -0.481 e. The molecule has 0 bridgehead atoms. The van der Waals surface area contributed by atoms with Gasteiger partial charge in [0.05, 0.1) is 6.42 Å². The van der Waals surface area contributed by atoms with Gasteiger partial charge in [-0.05, 0) is 18.6 Å². The molecular weight excluding hydrogens is 268 g/mol. The van der Waals surface area contributed by atoms with Crippen molar-refractivity contribution in [2.24, 2.45) is 0 Å². The highest BCUT2D eigenvalue weighted by molar-refractivity contribution is 7.99. The number of carboxylic acid groups (broad SMARTS) is 1. The molecule has 1 aliphatic carbocycles. The summed E-state index contributed by atoms with van der Waals surface area (Å²) in [5.74, 6) is -0.606. The van der Waals surface area contributed by atoms with Crippen LogP contribution in [-0.4, -0.2) is 40.1 Å². The van der Waals surface area contributed by atoms with Gasteiger partial charge in [0, 0.05) is 17.7 Å². The molecule has 19 heavy (non-hydrogen) atoms. The summed E-state index contributed by atoms with van der Waals surface area (Å²) in [4.78, 5) is 33.2. The molecule has 3 amide bonds. The van der Waals surface area contributed by atoms with E-state index in [1.54, 1.807) is 0 Å². The maximum atomic E-state index is 11.6. The minimum atomic E-state index is -1.05. The Bertz CT molecular complexity index is 349. The molecule has 1 fully saturated rings. The summed E-state index contributed by atoms with van der Waals surface area (Å²) in [6, 6.07) is -0.429. The zero-order chi connectivity index (χ0) is 14.3. The van der Waals surface area contributed by atoms with Crippen molar-refractivity contribution in [1.29, 1.82) is 0 Å².